The first-order valence-corrected chi connectivity index (χ1v) is 12.4. The summed E-state index contributed by atoms with van der Waals surface area (Å²) in [5.74, 6) is 0.673. The summed E-state index contributed by atoms with van der Waals surface area (Å²) < 4.78 is 0.968. The summed E-state index contributed by atoms with van der Waals surface area (Å²) in [6.07, 6.45) is 0.846. The quantitative estimate of drug-likeness (QED) is 0.413. The number of rotatable bonds is 10. The molecule has 0 saturated heterocycles. The number of hydrogen-bond acceptors (Lipinski definition) is 3. The monoisotopic (exact) mass is 530 g/mol. The minimum Gasteiger partial charge on any atom is -0.354 e. The molecule has 162 valence electrons. The van der Waals surface area contributed by atoms with E-state index in [1.165, 1.54) is 11.8 Å². The largest absolute Gasteiger partial charge is 0.354 e. The van der Waals surface area contributed by atoms with Crippen LogP contribution in [0.3, 0.4) is 0 Å². The Bertz CT molecular complexity index is 865. The molecule has 0 fully saturated rings. The van der Waals surface area contributed by atoms with Crippen LogP contribution in [0.1, 0.15) is 31.4 Å². The number of carbonyl (C=O) groups is 2. The molecule has 0 aliphatic heterocycles. The fraction of sp³-hybridized carbons (Fsp3) is 0.364. The third-order valence-electron chi connectivity index (χ3n) is 4.46. The molecular formula is C22H25BrCl2N2O2S. The van der Waals surface area contributed by atoms with Crippen LogP contribution in [0.5, 0.6) is 0 Å². The van der Waals surface area contributed by atoms with Crippen molar-refractivity contribution in [2.24, 2.45) is 0 Å². The third kappa shape index (κ3) is 7.80. The lowest BCUT2D eigenvalue weighted by atomic mass is 10.1. The van der Waals surface area contributed by atoms with E-state index in [4.69, 9.17) is 23.2 Å². The van der Waals surface area contributed by atoms with Gasteiger partial charge in [0.15, 0.2) is 0 Å². The smallest absolute Gasteiger partial charge is 0.242 e. The molecule has 30 heavy (non-hydrogen) atoms. The molecule has 1 N–H and O–H groups in total. The third-order valence-corrected chi connectivity index (χ3v) is 6.72. The number of amides is 2. The Morgan fingerprint density at radius 1 is 1.10 bits per heavy atom. The number of halogens is 3. The van der Waals surface area contributed by atoms with Gasteiger partial charge in [0.25, 0.3) is 0 Å². The van der Waals surface area contributed by atoms with Crippen molar-refractivity contribution in [3.8, 4) is 0 Å². The van der Waals surface area contributed by atoms with Gasteiger partial charge in [-0.3, -0.25) is 9.59 Å². The highest BCUT2D eigenvalue weighted by Gasteiger charge is 2.25. The van der Waals surface area contributed by atoms with E-state index in [-0.39, 0.29) is 17.6 Å². The summed E-state index contributed by atoms with van der Waals surface area (Å²) in [7, 11) is 0. The van der Waals surface area contributed by atoms with Crippen molar-refractivity contribution in [3.63, 3.8) is 0 Å². The van der Waals surface area contributed by atoms with Crippen LogP contribution in [-0.2, 0) is 21.9 Å². The summed E-state index contributed by atoms with van der Waals surface area (Å²) in [4.78, 5) is 27.2. The average molecular weight is 532 g/mol. The van der Waals surface area contributed by atoms with Crippen LogP contribution in [0.2, 0.25) is 10.0 Å². The molecule has 0 aliphatic carbocycles. The van der Waals surface area contributed by atoms with Crippen molar-refractivity contribution in [1.82, 2.24) is 10.2 Å². The Morgan fingerprint density at radius 3 is 2.40 bits per heavy atom. The topological polar surface area (TPSA) is 49.4 Å². The van der Waals surface area contributed by atoms with Gasteiger partial charge >= 0.3 is 0 Å². The molecule has 0 aliphatic rings. The molecule has 1 atom stereocenters. The summed E-state index contributed by atoms with van der Waals surface area (Å²) >= 11 is 16.9. The number of benzene rings is 2. The summed E-state index contributed by atoms with van der Waals surface area (Å²) in [5.41, 5.74) is 1.96. The highest BCUT2D eigenvalue weighted by atomic mass is 79.9. The van der Waals surface area contributed by atoms with Crippen LogP contribution in [0.4, 0.5) is 0 Å². The molecule has 2 rings (SSSR count). The Kier molecular flexibility index (Phi) is 10.5. The number of hydrogen-bond donors (Lipinski definition) is 1. The normalized spacial score (nSPS) is 11.8. The molecule has 0 bridgehead atoms. The molecule has 1 unspecified atom stereocenters. The Morgan fingerprint density at radius 2 is 1.77 bits per heavy atom. The van der Waals surface area contributed by atoms with Crippen LogP contribution in [-0.4, -0.2) is 35.1 Å². The maximum atomic E-state index is 13.0. The summed E-state index contributed by atoms with van der Waals surface area (Å²) in [5, 5.41) is 3.89. The molecular weight excluding hydrogens is 507 g/mol. The minimum atomic E-state index is -0.557. The van der Waals surface area contributed by atoms with Gasteiger partial charge < -0.3 is 10.2 Å². The standard InChI is InChI=1S/C22H25BrCl2N2O2S/c1-3-10-26-22(29)15(2)27(12-16-4-7-18(23)8-5-16)21(28)14-30-13-17-6-9-19(24)20(25)11-17/h4-9,11,15H,3,10,12-14H2,1-2H3,(H,26,29). The molecule has 0 radical (unpaired) electrons. The number of nitrogens with one attached hydrogen (secondary N) is 1. The van der Waals surface area contributed by atoms with Crippen molar-refractivity contribution in [2.45, 2.75) is 38.6 Å². The number of nitrogens with zero attached hydrogens (tertiary/aromatic N) is 1. The van der Waals surface area contributed by atoms with Crippen LogP contribution < -0.4 is 5.32 Å². The molecule has 8 heteroatoms. The SMILES string of the molecule is CCCNC(=O)C(C)N(Cc1ccc(Br)cc1)C(=O)CSCc1ccc(Cl)c(Cl)c1. The first-order valence-electron chi connectivity index (χ1n) is 9.65. The van der Waals surface area contributed by atoms with E-state index in [2.05, 4.69) is 21.2 Å². The van der Waals surface area contributed by atoms with E-state index in [1.807, 2.05) is 43.3 Å². The highest BCUT2D eigenvalue weighted by Crippen LogP contribution is 2.25. The Hall–Kier alpha value is -1.21. The highest BCUT2D eigenvalue weighted by molar-refractivity contribution is 9.10. The maximum absolute atomic E-state index is 13.0. The Labute approximate surface area is 200 Å². The minimum absolute atomic E-state index is 0.0814. The van der Waals surface area contributed by atoms with E-state index < -0.39 is 6.04 Å². The first-order chi connectivity index (χ1) is 14.3. The van der Waals surface area contributed by atoms with Gasteiger partial charge in [-0.25, -0.2) is 0 Å². The van der Waals surface area contributed by atoms with E-state index >= 15 is 0 Å². The van der Waals surface area contributed by atoms with Crippen LogP contribution >= 0.6 is 50.9 Å². The van der Waals surface area contributed by atoms with E-state index in [1.54, 1.807) is 17.9 Å². The predicted octanol–water partition coefficient (Wildman–Crippen LogP) is 5.93. The molecule has 2 amide bonds. The first kappa shape index (κ1) is 25.1. The lowest BCUT2D eigenvalue weighted by molar-refractivity contribution is -0.138. The Balaban J connectivity index is 2.05. The second-order valence-electron chi connectivity index (χ2n) is 6.86. The number of thioether (sulfide) groups is 1. The van der Waals surface area contributed by atoms with E-state index in [0.29, 0.717) is 28.9 Å². The molecule has 0 heterocycles. The zero-order valence-electron chi connectivity index (χ0n) is 17.0. The van der Waals surface area contributed by atoms with Gasteiger partial charge in [-0.05, 0) is 48.7 Å². The van der Waals surface area contributed by atoms with Gasteiger partial charge in [-0.1, -0.05) is 64.3 Å². The van der Waals surface area contributed by atoms with Gasteiger partial charge in [0, 0.05) is 23.3 Å². The van der Waals surface area contributed by atoms with E-state index in [9.17, 15) is 9.59 Å². The van der Waals surface area contributed by atoms with Crippen molar-refractivity contribution < 1.29 is 9.59 Å². The zero-order chi connectivity index (χ0) is 22.1. The second-order valence-corrected chi connectivity index (χ2v) is 9.57. The molecule has 4 nitrogen and oxygen atoms in total. The van der Waals surface area contributed by atoms with Gasteiger partial charge in [-0.2, -0.15) is 0 Å². The zero-order valence-corrected chi connectivity index (χ0v) is 20.9. The van der Waals surface area contributed by atoms with Gasteiger partial charge in [0.05, 0.1) is 15.8 Å². The molecule has 0 aromatic heterocycles. The van der Waals surface area contributed by atoms with Crippen molar-refractivity contribution in [1.29, 1.82) is 0 Å². The molecule has 2 aromatic carbocycles. The van der Waals surface area contributed by atoms with Crippen LogP contribution in [0, 0.1) is 0 Å². The fourth-order valence-corrected chi connectivity index (χ4v) is 4.18. The average Bonchev–Trinajstić information content (AvgIpc) is 2.73. The van der Waals surface area contributed by atoms with Gasteiger partial charge in [0.2, 0.25) is 11.8 Å². The molecule has 0 spiro atoms. The fourth-order valence-electron chi connectivity index (χ4n) is 2.73. The van der Waals surface area contributed by atoms with Crippen LogP contribution in [0.15, 0.2) is 46.9 Å². The molecule has 2 aromatic rings. The second kappa shape index (κ2) is 12.6. The van der Waals surface area contributed by atoms with Crippen LogP contribution in [0.25, 0.3) is 0 Å². The van der Waals surface area contributed by atoms with Crippen molar-refractivity contribution in [3.05, 3.63) is 68.1 Å². The van der Waals surface area contributed by atoms with Gasteiger partial charge in [-0.15, -0.1) is 11.8 Å². The molecule has 0 saturated carbocycles. The lowest BCUT2D eigenvalue weighted by Crippen LogP contribution is -2.48. The van der Waals surface area contributed by atoms with E-state index in [0.717, 1.165) is 22.0 Å². The van der Waals surface area contributed by atoms with Crippen molar-refractivity contribution in [2.75, 3.05) is 12.3 Å². The predicted molar refractivity (Wildman–Crippen MR) is 130 cm³/mol. The lowest BCUT2D eigenvalue weighted by Gasteiger charge is -2.28. The van der Waals surface area contributed by atoms with Crippen molar-refractivity contribution >= 4 is 62.7 Å². The number of carbonyl (C=O) groups excluding carboxylic acids is 2. The summed E-state index contributed by atoms with van der Waals surface area (Å²) in [6.45, 7) is 4.73. The maximum Gasteiger partial charge on any atom is 0.242 e. The summed E-state index contributed by atoms with van der Waals surface area (Å²) in [6, 6.07) is 12.7. The van der Waals surface area contributed by atoms with Gasteiger partial charge in [0.1, 0.15) is 6.04 Å².